The minimum atomic E-state index is -0.390. The Kier molecular flexibility index (Phi) is 9.13. The molecule has 3 atom stereocenters. The van der Waals surface area contributed by atoms with E-state index in [2.05, 4.69) is 90.0 Å². The van der Waals surface area contributed by atoms with Crippen molar-refractivity contribution in [2.45, 2.75) is 63.0 Å². The van der Waals surface area contributed by atoms with Crippen LogP contribution < -0.4 is 14.0 Å². The number of tetrazole rings is 1. The Morgan fingerprint density at radius 2 is 1.45 bits per heavy atom. The van der Waals surface area contributed by atoms with Crippen LogP contribution in [-0.4, -0.2) is 60.4 Å². The number of halogens is 1. The van der Waals surface area contributed by atoms with Gasteiger partial charge in [0.1, 0.15) is 29.3 Å². The molecule has 0 spiro atoms. The zero-order chi connectivity index (χ0) is 34.2. The third-order valence-electron chi connectivity index (χ3n) is 9.41. The van der Waals surface area contributed by atoms with Gasteiger partial charge in [0.2, 0.25) is 6.04 Å². The number of fused-ring (bicyclic) bond motifs is 1. The second-order valence-corrected chi connectivity index (χ2v) is 15.1. The number of quaternary nitrogens is 1. The minimum absolute atomic E-state index is 0.0731. The fourth-order valence-electron chi connectivity index (χ4n) is 7.32. The predicted molar refractivity (Wildman–Crippen MR) is 194 cm³/mol. The van der Waals surface area contributed by atoms with Crippen molar-refractivity contribution in [3.8, 4) is 11.5 Å². The van der Waals surface area contributed by atoms with Crippen molar-refractivity contribution in [2.75, 3.05) is 13.2 Å². The molecule has 0 aliphatic carbocycles. The van der Waals surface area contributed by atoms with E-state index in [-0.39, 0.29) is 28.1 Å². The lowest BCUT2D eigenvalue weighted by molar-refractivity contribution is -0.154. The van der Waals surface area contributed by atoms with Gasteiger partial charge >= 0.3 is 0 Å². The van der Waals surface area contributed by atoms with Crippen LogP contribution in [0.4, 0.5) is 11.4 Å². The number of nitrogens with zero attached hydrogens (tertiary/aromatic N) is 6. The summed E-state index contributed by atoms with van der Waals surface area (Å²) in [4.78, 5) is 16.9. The maximum Gasteiger partial charge on any atom is 0.286 e. The molecular formula is C38H40ClN6O3S+. The van der Waals surface area contributed by atoms with Crippen LogP contribution >= 0.6 is 23.4 Å². The van der Waals surface area contributed by atoms with Gasteiger partial charge in [-0.3, -0.25) is 4.79 Å². The number of carbonyl (C=O) groups is 1. The zero-order valence-electron chi connectivity index (χ0n) is 28.1. The lowest BCUT2D eigenvalue weighted by Crippen LogP contribution is -2.74. The molecule has 3 heterocycles. The quantitative estimate of drug-likeness (QED) is 0.0973. The number of aromatic nitrogens is 4. The largest absolute Gasteiger partial charge is 0.490 e. The molecule has 2 aliphatic heterocycles. The lowest BCUT2D eigenvalue weighted by atomic mass is 9.91. The fourth-order valence-corrected chi connectivity index (χ4v) is 9.21. The van der Waals surface area contributed by atoms with Gasteiger partial charge in [-0.2, -0.15) is 0 Å². The lowest BCUT2D eigenvalue weighted by Gasteiger charge is -2.53. The Morgan fingerprint density at radius 1 is 0.837 bits per heavy atom. The third kappa shape index (κ3) is 5.96. The molecule has 5 aromatic rings. The van der Waals surface area contributed by atoms with Crippen molar-refractivity contribution in [1.29, 1.82) is 0 Å². The number of thioether (sulfide) groups is 1. The van der Waals surface area contributed by atoms with Gasteiger partial charge < -0.3 is 14.4 Å². The van der Waals surface area contributed by atoms with Crippen LogP contribution in [-0.2, 0) is 17.9 Å². The van der Waals surface area contributed by atoms with Gasteiger partial charge in [0.25, 0.3) is 5.91 Å². The van der Waals surface area contributed by atoms with Crippen molar-refractivity contribution < 1.29 is 14.3 Å². The number of hydrogen-bond donors (Lipinski definition) is 0. The first-order chi connectivity index (χ1) is 23.8. The molecule has 9 nitrogen and oxygen atoms in total. The SMILES string of the molecule is CCOc1ccc(Cn2nnnc2C2N3C(=O)C([N+](Cc4ccc(Cl)cc4)(c4ccccc4)c4ccccc4)[C@@H]3SC2(C)C)cc1OCC. The summed E-state index contributed by atoms with van der Waals surface area (Å²) in [5.41, 5.74) is 4.16. The molecule has 2 aliphatic rings. The summed E-state index contributed by atoms with van der Waals surface area (Å²) in [6.45, 7) is 10.4. The third-order valence-corrected chi connectivity index (χ3v) is 11.2. The van der Waals surface area contributed by atoms with Crippen molar-refractivity contribution in [2.24, 2.45) is 0 Å². The van der Waals surface area contributed by atoms with E-state index >= 15 is 0 Å². The molecule has 7 rings (SSSR count). The van der Waals surface area contributed by atoms with Crippen molar-refractivity contribution in [3.05, 3.63) is 125 Å². The average Bonchev–Trinajstić information content (AvgIpc) is 3.65. The second-order valence-electron chi connectivity index (χ2n) is 12.9. The Morgan fingerprint density at radius 3 is 2.08 bits per heavy atom. The molecule has 252 valence electrons. The van der Waals surface area contributed by atoms with Crippen LogP contribution in [0.5, 0.6) is 11.5 Å². The second kappa shape index (κ2) is 13.5. The van der Waals surface area contributed by atoms with Gasteiger partial charge in [-0.1, -0.05) is 66.2 Å². The van der Waals surface area contributed by atoms with E-state index in [0.29, 0.717) is 53.1 Å². The maximum absolute atomic E-state index is 14.9. The van der Waals surface area contributed by atoms with E-state index in [1.807, 2.05) is 77.7 Å². The molecule has 0 radical (unpaired) electrons. The summed E-state index contributed by atoms with van der Waals surface area (Å²) in [6, 6.07) is 33.9. The zero-order valence-corrected chi connectivity index (χ0v) is 29.6. The molecule has 0 bridgehead atoms. The van der Waals surface area contributed by atoms with E-state index in [4.69, 9.17) is 21.1 Å². The summed E-state index contributed by atoms with van der Waals surface area (Å²) in [5.74, 6) is 2.12. The minimum Gasteiger partial charge on any atom is -0.490 e. The molecule has 0 N–H and O–H groups in total. The number of hydrogen-bond acceptors (Lipinski definition) is 7. The van der Waals surface area contributed by atoms with Crippen LogP contribution in [0.1, 0.15) is 50.7 Å². The molecule has 2 unspecified atom stereocenters. The van der Waals surface area contributed by atoms with Crippen LogP contribution in [0.25, 0.3) is 0 Å². The summed E-state index contributed by atoms with van der Waals surface area (Å²) < 4.78 is 13.4. The highest BCUT2D eigenvalue weighted by molar-refractivity contribution is 8.01. The molecule has 1 amide bonds. The summed E-state index contributed by atoms with van der Waals surface area (Å²) in [7, 11) is 0. The molecule has 1 aromatic heterocycles. The molecule has 2 saturated heterocycles. The number of amides is 1. The van der Waals surface area contributed by atoms with Gasteiger partial charge in [-0.25, -0.2) is 9.16 Å². The number of para-hydroxylation sites is 2. The molecular weight excluding hydrogens is 656 g/mol. The first kappa shape index (κ1) is 33.1. The molecule has 2 fully saturated rings. The average molecular weight is 696 g/mol. The first-order valence-electron chi connectivity index (χ1n) is 16.6. The number of benzene rings is 4. The van der Waals surface area contributed by atoms with Crippen molar-refractivity contribution >= 4 is 40.6 Å². The smallest absolute Gasteiger partial charge is 0.286 e. The van der Waals surface area contributed by atoms with Gasteiger partial charge in [-0.15, -0.1) is 16.9 Å². The molecule has 4 aromatic carbocycles. The molecule has 11 heteroatoms. The Hall–Kier alpha value is -4.38. The van der Waals surface area contributed by atoms with Crippen molar-refractivity contribution in [1.82, 2.24) is 29.6 Å². The van der Waals surface area contributed by atoms with E-state index in [1.54, 1.807) is 0 Å². The summed E-state index contributed by atoms with van der Waals surface area (Å²) >= 11 is 8.14. The number of β-lactam (4-membered cyclic amide) rings is 1. The van der Waals surface area contributed by atoms with Crippen LogP contribution in [0.15, 0.2) is 103 Å². The van der Waals surface area contributed by atoms with Crippen LogP contribution in [0.2, 0.25) is 5.02 Å². The van der Waals surface area contributed by atoms with Gasteiger partial charge in [0, 0.05) is 15.3 Å². The highest BCUT2D eigenvalue weighted by atomic mass is 35.5. The van der Waals surface area contributed by atoms with E-state index < -0.39 is 0 Å². The Balaban J connectivity index is 1.27. The van der Waals surface area contributed by atoms with Crippen LogP contribution in [0, 0.1) is 0 Å². The number of ether oxygens (including phenoxy) is 2. The van der Waals surface area contributed by atoms with E-state index in [0.717, 1.165) is 22.5 Å². The summed E-state index contributed by atoms with van der Waals surface area (Å²) in [6.07, 6.45) is 0. The first-order valence-corrected chi connectivity index (χ1v) is 17.9. The predicted octanol–water partition coefficient (Wildman–Crippen LogP) is 7.82. The highest BCUT2D eigenvalue weighted by Gasteiger charge is 2.70. The van der Waals surface area contributed by atoms with Gasteiger partial charge in [-0.05, 0) is 92.2 Å². The number of rotatable bonds is 12. The molecule has 0 saturated carbocycles. The molecule has 49 heavy (non-hydrogen) atoms. The number of carbonyl (C=O) groups excluding carboxylic acids is 1. The normalized spacial score (nSPS) is 19.7. The van der Waals surface area contributed by atoms with Gasteiger partial charge in [0.05, 0.1) is 19.8 Å². The Bertz CT molecular complexity index is 1880. The van der Waals surface area contributed by atoms with E-state index in [1.165, 1.54) is 0 Å². The summed E-state index contributed by atoms with van der Waals surface area (Å²) in [5, 5.41) is 13.6. The maximum atomic E-state index is 14.9. The monoisotopic (exact) mass is 695 g/mol. The standard InChI is InChI=1S/C38H40ClN6O3S/c1-5-47-31-22-19-27(23-32(31)48-6-2)24-43-35(40-41-42-43)34-38(3,4)49-37-33(36(46)44(34)37)45(29-13-9-7-10-14-29,30-15-11-8-12-16-30)25-26-17-20-28(39)21-18-26/h7-23,33-34,37H,5-6,24-25H2,1-4H3/q+1/t33?,34?,37-/m0/s1. The van der Waals surface area contributed by atoms with E-state index in [9.17, 15) is 4.79 Å². The van der Waals surface area contributed by atoms with Gasteiger partial charge in [0.15, 0.2) is 17.3 Å². The van der Waals surface area contributed by atoms with Crippen molar-refractivity contribution in [3.63, 3.8) is 0 Å². The van der Waals surface area contributed by atoms with Crippen LogP contribution in [0.3, 0.4) is 0 Å². The highest BCUT2D eigenvalue weighted by Crippen LogP contribution is 2.61. The Labute approximate surface area is 296 Å². The topological polar surface area (TPSA) is 82.4 Å². The fraction of sp³-hybridized carbons (Fsp3) is 0.316.